The van der Waals surface area contributed by atoms with Crippen LogP contribution >= 0.6 is 0 Å². The molecule has 23 heavy (non-hydrogen) atoms. The van der Waals surface area contributed by atoms with Gasteiger partial charge in [-0.15, -0.1) is 0 Å². The minimum absolute atomic E-state index is 0.129. The molecule has 1 fully saturated rings. The molecule has 7 heteroatoms. The summed E-state index contributed by atoms with van der Waals surface area (Å²) in [6.45, 7) is 6.38. The van der Waals surface area contributed by atoms with Crippen molar-refractivity contribution < 1.29 is 17.6 Å². The monoisotopic (exact) mass is 342 g/mol. The average Bonchev–Trinajstić information content (AvgIpc) is 2.93. The number of nitrogens with zero attached hydrogens (tertiary/aromatic N) is 1. The number of aryl methyl sites for hydroxylation is 1. The van der Waals surface area contributed by atoms with Crippen molar-refractivity contribution >= 4 is 15.9 Å². The summed E-state index contributed by atoms with van der Waals surface area (Å²) in [5.74, 6) is 1.97. The van der Waals surface area contributed by atoms with Gasteiger partial charge in [-0.2, -0.15) is 0 Å². The van der Waals surface area contributed by atoms with Gasteiger partial charge in [-0.05, 0) is 37.8 Å². The minimum atomic E-state index is -3.42. The quantitative estimate of drug-likeness (QED) is 0.888. The van der Waals surface area contributed by atoms with Gasteiger partial charge in [-0.1, -0.05) is 13.8 Å². The molecule has 1 amide bonds. The van der Waals surface area contributed by atoms with E-state index in [1.54, 1.807) is 11.8 Å². The molecule has 1 N–H and O–H groups in total. The Morgan fingerprint density at radius 2 is 2.17 bits per heavy atom. The predicted octanol–water partition coefficient (Wildman–Crippen LogP) is 2.08. The molecule has 1 saturated heterocycles. The molecule has 0 aliphatic carbocycles. The van der Waals surface area contributed by atoms with Crippen LogP contribution in [-0.4, -0.2) is 38.1 Å². The largest absolute Gasteiger partial charge is 0.464 e. The van der Waals surface area contributed by atoms with E-state index < -0.39 is 16.1 Å². The number of amides is 1. The van der Waals surface area contributed by atoms with Crippen LogP contribution in [0, 0.1) is 5.92 Å². The zero-order valence-corrected chi connectivity index (χ0v) is 15.0. The molecular formula is C16H26N2O4S. The summed E-state index contributed by atoms with van der Waals surface area (Å²) >= 11 is 0. The average molecular weight is 342 g/mol. The number of sulfonamides is 1. The Labute approximate surface area is 138 Å². The highest BCUT2D eigenvalue weighted by Gasteiger charge is 2.35. The van der Waals surface area contributed by atoms with Gasteiger partial charge < -0.3 is 9.32 Å². The van der Waals surface area contributed by atoms with Crippen LogP contribution in [0.25, 0.3) is 0 Å². The number of nitrogens with one attached hydrogen (secondary N) is 1. The lowest BCUT2D eigenvalue weighted by Gasteiger charge is -2.38. The maximum Gasteiger partial charge on any atom is 0.241 e. The third-order valence-corrected chi connectivity index (χ3v) is 5.05. The SMILES string of the molecule is CCc1ccc([C@@H]2C[C@H](C)CCN2C(=O)[C@H](C)NS(C)(=O)=O)o1. The summed E-state index contributed by atoms with van der Waals surface area (Å²) in [5, 5.41) is 0. The summed E-state index contributed by atoms with van der Waals surface area (Å²) in [4.78, 5) is 14.5. The summed E-state index contributed by atoms with van der Waals surface area (Å²) < 4.78 is 31.0. The van der Waals surface area contributed by atoms with E-state index >= 15 is 0 Å². The van der Waals surface area contributed by atoms with E-state index in [1.807, 2.05) is 19.1 Å². The summed E-state index contributed by atoms with van der Waals surface area (Å²) in [6.07, 6.45) is 3.61. The molecule has 1 aliphatic rings. The van der Waals surface area contributed by atoms with E-state index in [4.69, 9.17) is 4.42 Å². The highest BCUT2D eigenvalue weighted by molar-refractivity contribution is 7.88. The summed E-state index contributed by atoms with van der Waals surface area (Å²) in [7, 11) is -3.42. The first-order chi connectivity index (χ1) is 10.7. The van der Waals surface area contributed by atoms with E-state index in [0.29, 0.717) is 12.5 Å². The molecule has 0 radical (unpaired) electrons. The lowest BCUT2D eigenvalue weighted by molar-refractivity contribution is -0.137. The highest BCUT2D eigenvalue weighted by atomic mass is 32.2. The molecule has 130 valence electrons. The fourth-order valence-corrected chi connectivity index (χ4v) is 3.80. The van der Waals surface area contributed by atoms with E-state index in [2.05, 4.69) is 11.6 Å². The van der Waals surface area contributed by atoms with Crippen molar-refractivity contribution in [2.24, 2.45) is 5.92 Å². The number of hydrogen-bond acceptors (Lipinski definition) is 4. The summed E-state index contributed by atoms with van der Waals surface area (Å²) in [6, 6.07) is 2.96. The van der Waals surface area contributed by atoms with Gasteiger partial charge in [-0.3, -0.25) is 4.79 Å². The molecule has 0 bridgehead atoms. The maximum atomic E-state index is 12.7. The number of furan rings is 1. The van der Waals surface area contributed by atoms with Gasteiger partial charge in [0.1, 0.15) is 11.5 Å². The van der Waals surface area contributed by atoms with Crippen LogP contribution in [0.1, 0.15) is 51.2 Å². The predicted molar refractivity (Wildman–Crippen MR) is 88.4 cm³/mol. The Bertz CT molecular complexity index is 653. The number of likely N-dealkylation sites (tertiary alicyclic amines) is 1. The van der Waals surface area contributed by atoms with Gasteiger partial charge in [0.25, 0.3) is 0 Å². The Balaban J connectivity index is 2.21. The normalized spacial score (nSPS) is 23.7. The van der Waals surface area contributed by atoms with Crippen molar-refractivity contribution in [3.63, 3.8) is 0 Å². The van der Waals surface area contributed by atoms with Crippen molar-refractivity contribution in [2.75, 3.05) is 12.8 Å². The van der Waals surface area contributed by atoms with Crippen molar-refractivity contribution in [1.29, 1.82) is 0 Å². The molecule has 2 heterocycles. The molecule has 1 aliphatic heterocycles. The van der Waals surface area contributed by atoms with E-state index in [9.17, 15) is 13.2 Å². The topological polar surface area (TPSA) is 79.6 Å². The van der Waals surface area contributed by atoms with Crippen LogP contribution in [0.5, 0.6) is 0 Å². The Hall–Kier alpha value is -1.34. The number of rotatable bonds is 5. The Kier molecular flexibility index (Phi) is 5.52. The first kappa shape index (κ1) is 18.0. The zero-order chi connectivity index (χ0) is 17.2. The van der Waals surface area contributed by atoms with Crippen LogP contribution in [0.2, 0.25) is 0 Å². The molecule has 3 atom stereocenters. The minimum Gasteiger partial charge on any atom is -0.464 e. The maximum absolute atomic E-state index is 12.7. The fraction of sp³-hybridized carbons (Fsp3) is 0.688. The third kappa shape index (κ3) is 4.57. The zero-order valence-electron chi connectivity index (χ0n) is 14.2. The van der Waals surface area contributed by atoms with Crippen LogP contribution in [-0.2, 0) is 21.2 Å². The lowest BCUT2D eigenvalue weighted by atomic mass is 9.90. The molecule has 6 nitrogen and oxygen atoms in total. The number of hydrogen-bond donors (Lipinski definition) is 1. The smallest absolute Gasteiger partial charge is 0.241 e. The number of carbonyl (C=O) groups is 1. The molecule has 0 saturated carbocycles. The highest BCUT2D eigenvalue weighted by Crippen LogP contribution is 2.35. The van der Waals surface area contributed by atoms with Crippen LogP contribution in [0.3, 0.4) is 0 Å². The first-order valence-electron chi connectivity index (χ1n) is 8.07. The van der Waals surface area contributed by atoms with Gasteiger partial charge >= 0.3 is 0 Å². The van der Waals surface area contributed by atoms with Crippen molar-refractivity contribution in [2.45, 2.75) is 52.1 Å². The molecule has 0 unspecified atom stereocenters. The molecule has 0 spiro atoms. The Morgan fingerprint density at radius 3 is 2.74 bits per heavy atom. The lowest BCUT2D eigenvalue weighted by Crippen LogP contribution is -2.50. The van der Waals surface area contributed by atoms with Crippen molar-refractivity contribution in [1.82, 2.24) is 9.62 Å². The number of piperidine rings is 1. The fourth-order valence-electron chi connectivity index (χ4n) is 3.06. The molecule has 1 aromatic rings. The van der Waals surface area contributed by atoms with Gasteiger partial charge in [0, 0.05) is 13.0 Å². The van der Waals surface area contributed by atoms with E-state index in [0.717, 1.165) is 37.0 Å². The van der Waals surface area contributed by atoms with Crippen LogP contribution < -0.4 is 4.72 Å². The summed E-state index contributed by atoms with van der Waals surface area (Å²) in [5.41, 5.74) is 0. The van der Waals surface area contributed by atoms with Gasteiger partial charge in [0.15, 0.2) is 0 Å². The molecule has 2 rings (SSSR count). The van der Waals surface area contributed by atoms with Gasteiger partial charge in [-0.25, -0.2) is 13.1 Å². The standard InChI is InChI=1S/C16H26N2O4S/c1-5-13-6-7-15(22-13)14-10-11(2)8-9-18(14)16(19)12(3)17-23(4,20)21/h6-7,11-12,14,17H,5,8-10H2,1-4H3/t11-,12+,14+/m1/s1. The molecular weight excluding hydrogens is 316 g/mol. The first-order valence-corrected chi connectivity index (χ1v) is 9.96. The number of carbonyl (C=O) groups excluding carboxylic acids is 1. The van der Waals surface area contributed by atoms with E-state index in [-0.39, 0.29) is 11.9 Å². The second-order valence-electron chi connectivity index (χ2n) is 6.45. The Morgan fingerprint density at radius 1 is 1.48 bits per heavy atom. The van der Waals surface area contributed by atoms with Gasteiger partial charge in [0.05, 0.1) is 18.3 Å². The molecule has 1 aromatic heterocycles. The second-order valence-corrected chi connectivity index (χ2v) is 8.23. The molecule has 0 aromatic carbocycles. The third-order valence-electron chi connectivity index (χ3n) is 4.27. The van der Waals surface area contributed by atoms with Crippen molar-refractivity contribution in [3.8, 4) is 0 Å². The second kappa shape index (κ2) is 7.05. The van der Waals surface area contributed by atoms with Crippen molar-refractivity contribution in [3.05, 3.63) is 23.7 Å². The van der Waals surface area contributed by atoms with Gasteiger partial charge in [0.2, 0.25) is 15.9 Å². The van der Waals surface area contributed by atoms with E-state index in [1.165, 1.54) is 0 Å². The van der Waals surface area contributed by atoms with Crippen LogP contribution in [0.15, 0.2) is 16.5 Å². The van der Waals surface area contributed by atoms with Crippen LogP contribution in [0.4, 0.5) is 0 Å².